The minimum atomic E-state index is -3.78. The van der Waals surface area contributed by atoms with Gasteiger partial charge in [0.1, 0.15) is 17.0 Å². The van der Waals surface area contributed by atoms with Gasteiger partial charge in [-0.25, -0.2) is 13.4 Å². The first-order valence-corrected chi connectivity index (χ1v) is 12.4. The molecule has 0 aliphatic rings. The predicted molar refractivity (Wildman–Crippen MR) is 125 cm³/mol. The number of carbonyl (C=O) groups is 1. The summed E-state index contributed by atoms with van der Waals surface area (Å²) in [5.41, 5.74) is 0.548. The van der Waals surface area contributed by atoms with Gasteiger partial charge in [0.15, 0.2) is 15.0 Å². The second-order valence-corrected chi connectivity index (χ2v) is 10.6. The van der Waals surface area contributed by atoms with Gasteiger partial charge in [0.2, 0.25) is 5.91 Å². The third-order valence-electron chi connectivity index (χ3n) is 4.60. The number of benzene rings is 2. The van der Waals surface area contributed by atoms with E-state index in [0.29, 0.717) is 39.1 Å². The lowest BCUT2D eigenvalue weighted by molar-refractivity contribution is -0.116. The highest BCUT2D eigenvalue weighted by Gasteiger charge is 2.27. The Morgan fingerprint density at radius 1 is 1.13 bits per heavy atom. The summed E-state index contributed by atoms with van der Waals surface area (Å²) in [6.45, 7) is 1.07. The number of fused-ring (bicyclic) bond motifs is 1. The lowest BCUT2D eigenvalue weighted by Crippen LogP contribution is -2.37. The maximum absolute atomic E-state index is 13.2. The van der Waals surface area contributed by atoms with E-state index >= 15 is 0 Å². The number of hydrogen-bond donors (Lipinski definition) is 0. The number of nitrogens with zero attached hydrogens (tertiary/aromatic N) is 3. The number of thiazole rings is 1. The maximum atomic E-state index is 13.2. The van der Waals surface area contributed by atoms with Crippen LogP contribution in [0.4, 0.5) is 5.13 Å². The molecule has 1 aromatic heterocycles. The van der Waals surface area contributed by atoms with Gasteiger partial charge in [-0.05, 0) is 51.3 Å². The molecule has 2 aromatic carbocycles. The van der Waals surface area contributed by atoms with Crippen LogP contribution in [0.1, 0.15) is 6.42 Å². The fraction of sp³-hybridized carbons (Fsp3) is 0.333. The summed E-state index contributed by atoms with van der Waals surface area (Å²) in [5, 5.41) is 0.894. The second kappa shape index (κ2) is 9.95. The number of hydrogen-bond acceptors (Lipinski definition) is 7. The average molecular weight is 482 g/mol. The van der Waals surface area contributed by atoms with E-state index in [9.17, 15) is 13.2 Å². The number of ether oxygens (including phenoxy) is 1. The molecular weight excluding hydrogens is 458 g/mol. The number of anilines is 1. The van der Waals surface area contributed by atoms with Gasteiger partial charge in [-0.1, -0.05) is 41.1 Å². The number of methoxy groups -OCH3 is 1. The Bertz CT molecular complexity index is 1160. The van der Waals surface area contributed by atoms with Crippen molar-refractivity contribution in [2.24, 2.45) is 0 Å². The molecule has 0 radical (unpaired) electrons. The molecule has 31 heavy (non-hydrogen) atoms. The van der Waals surface area contributed by atoms with Crippen LogP contribution >= 0.6 is 22.9 Å². The molecule has 0 saturated carbocycles. The highest BCUT2D eigenvalue weighted by molar-refractivity contribution is 7.92. The van der Waals surface area contributed by atoms with Crippen molar-refractivity contribution in [1.29, 1.82) is 0 Å². The monoisotopic (exact) mass is 481 g/mol. The van der Waals surface area contributed by atoms with Crippen molar-refractivity contribution < 1.29 is 17.9 Å². The predicted octanol–water partition coefficient (Wildman–Crippen LogP) is 3.72. The fourth-order valence-electron chi connectivity index (χ4n) is 3.05. The van der Waals surface area contributed by atoms with Gasteiger partial charge in [0, 0.05) is 6.54 Å². The van der Waals surface area contributed by atoms with Gasteiger partial charge in [0.05, 0.1) is 21.7 Å². The van der Waals surface area contributed by atoms with Crippen molar-refractivity contribution in [2.75, 3.05) is 44.9 Å². The van der Waals surface area contributed by atoms with Crippen LogP contribution in [0.3, 0.4) is 0 Å². The SMILES string of the molecule is COc1ccc(Cl)c2sc(N(CCCN(C)C)C(=O)CS(=O)(=O)c3ccccc3)nc12. The molecule has 0 spiro atoms. The summed E-state index contributed by atoms with van der Waals surface area (Å²) in [6, 6.07) is 11.4. The summed E-state index contributed by atoms with van der Waals surface area (Å²) in [4.78, 5) is 21.3. The van der Waals surface area contributed by atoms with Crippen LogP contribution in [-0.2, 0) is 14.6 Å². The average Bonchev–Trinajstić information content (AvgIpc) is 3.17. The molecule has 0 saturated heterocycles. The van der Waals surface area contributed by atoms with Crippen LogP contribution in [0, 0.1) is 0 Å². The van der Waals surface area contributed by atoms with Crippen molar-refractivity contribution in [3.05, 3.63) is 47.5 Å². The minimum absolute atomic E-state index is 0.116. The summed E-state index contributed by atoms with van der Waals surface area (Å²) in [6.07, 6.45) is 0.658. The van der Waals surface area contributed by atoms with E-state index in [2.05, 4.69) is 4.98 Å². The van der Waals surface area contributed by atoms with Gasteiger partial charge in [-0.15, -0.1) is 0 Å². The Kier molecular flexibility index (Phi) is 7.53. The van der Waals surface area contributed by atoms with Crippen molar-refractivity contribution >= 4 is 54.0 Å². The van der Waals surface area contributed by atoms with E-state index < -0.39 is 21.5 Å². The first kappa shape index (κ1) is 23.5. The molecule has 0 fully saturated rings. The topological polar surface area (TPSA) is 79.8 Å². The third kappa shape index (κ3) is 5.54. The zero-order valence-electron chi connectivity index (χ0n) is 17.5. The molecule has 0 unspecified atom stereocenters. The highest BCUT2D eigenvalue weighted by atomic mass is 35.5. The van der Waals surface area contributed by atoms with Gasteiger partial charge in [-0.3, -0.25) is 9.69 Å². The molecule has 0 aliphatic heterocycles. The van der Waals surface area contributed by atoms with Crippen LogP contribution in [0.5, 0.6) is 5.75 Å². The van der Waals surface area contributed by atoms with Crippen LogP contribution in [0.2, 0.25) is 5.02 Å². The first-order chi connectivity index (χ1) is 14.7. The van der Waals surface area contributed by atoms with Crippen molar-refractivity contribution in [1.82, 2.24) is 9.88 Å². The summed E-state index contributed by atoms with van der Waals surface area (Å²) >= 11 is 7.57. The fourth-order valence-corrected chi connectivity index (χ4v) is 5.56. The van der Waals surface area contributed by atoms with E-state index in [4.69, 9.17) is 16.3 Å². The molecule has 1 amide bonds. The molecule has 0 atom stereocenters. The van der Waals surface area contributed by atoms with Crippen LogP contribution < -0.4 is 9.64 Å². The van der Waals surface area contributed by atoms with E-state index in [1.54, 1.807) is 30.3 Å². The molecule has 1 heterocycles. The summed E-state index contributed by atoms with van der Waals surface area (Å²) in [7, 11) is 1.63. The normalized spacial score (nSPS) is 11.8. The van der Waals surface area contributed by atoms with Crippen molar-refractivity contribution in [3.63, 3.8) is 0 Å². The van der Waals surface area contributed by atoms with E-state index in [0.717, 1.165) is 6.54 Å². The lowest BCUT2D eigenvalue weighted by Gasteiger charge is -2.21. The second-order valence-electron chi connectivity index (χ2n) is 7.20. The lowest BCUT2D eigenvalue weighted by atomic mass is 10.3. The first-order valence-electron chi connectivity index (χ1n) is 9.59. The molecular formula is C21H24ClN3O4S2. The minimum Gasteiger partial charge on any atom is -0.494 e. The Hall–Kier alpha value is -2.20. The summed E-state index contributed by atoms with van der Waals surface area (Å²) < 4.78 is 31.6. The quantitative estimate of drug-likeness (QED) is 0.463. The van der Waals surface area contributed by atoms with Gasteiger partial charge in [-0.2, -0.15) is 0 Å². The number of aromatic nitrogens is 1. The molecule has 7 nitrogen and oxygen atoms in total. The number of sulfone groups is 1. The zero-order chi connectivity index (χ0) is 22.6. The number of carbonyl (C=O) groups excluding carboxylic acids is 1. The molecule has 3 rings (SSSR count). The Morgan fingerprint density at radius 3 is 2.48 bits per heavy atom. The summed E-state index contributed by atoms with van der Waals surface area (Å²) in [5.74, 6) is -0.629. The van der Waals surface area contributed by atoms with Crippen LogP contribution in [0.15, 0.2) is 47.4 Å². The molecule has 0 bridgehead atoms. The Morgan fingerprint density at radius 2 is 1.84 bits per heavy atom. The van der Waals surface area contributed by atoms with E-state index in [1.165, 1.54) is 35.5 Å². The third-order valence-corrected chi connectivity index (χ3v) is 7.76. The Balaban J connectivity index is 1.95. The molecule has 10 heteroatoms. The smallest absolute Gasteiger partial charge is 0.244 e. The van der Waals surface area contributed by atoms with Crippen LogP contribution in [0.25, 0.3) is 10.2 Å². The maximum Gasteiger partial charge on any atom is 0.244 e. The molecule has 0 aliphatic carbocycles. The van der Waals surface area contributed by atoms with Gasteiger partial charge >= 0.3 is 0 Å². The zero-order valence-corrected chi connectivity index (χ0v) is 19.9. The van der Waals surface area contributed by atoms with Gasteiger partial charge in [0.25, 0.3) is 0 Å². The van der Waals surface area contributed by atoms with Gasteiger partial charge < -0.3 is 9.64 Å². The number of amides is 1. The van der Waals surface area contributed by atoms with Crippen molar-refractivity contribution in [2.45, 2.75) is 11.3 Å². The molecule has 166 valence electrons. The standard InChI is InChI=1S/C21H24ClN3O4S2/c1-24(2)12-7-13-25(18(26)14-31(27,28)15-8-5-4-6-9-15)21-23-19-17(29-3)11-10-16(22)20(19)30-21/h4-6,8-11H,7,12-14H2,1-3H3. The Labute approximate surface area is 191 Å². The van der Waals surface area contributed by atoms with E-state index in [-0.39, 0.29) is 4.90 Å². The number of halogens is 1. The largest absolute Gasteiger partial charge is 0.494 e. The van der Waals surface area contributed by atoms with Crippen molar-refractivity contribution in [3.8, 4) is 5.75 Å². The molecule has 0 N–H and O–H groups in total. The molecule has 3 aromatic rings. The number of rotatable bonds is 9. The van der Waals surface area contributed by atoms with E-state index in [1.807, 2.05) is 19.0 Å². The highest BCUT2D eigenvalue weighted by Crippen LogP contribution is 2.38. The van der Waals surface area contributed by atoms with Crippen LogP contribution in [-0.4, -0.2) is 64.3 Å².